The number of hydrogen-bond acceptors (Lipinski definition) is 4. The number of nitrogens with one attached hydrogen (secondary N) is 2. The van der Waals surface area contributed by atoms with E-state index < -0.39 is 0 Å². The molecule has 3 unspecified atom stereocenters. The van der Waals surface area contributed by atoms with Crippen molar-refractivity contribution in [3.8, 4) is 0 Å². The first kappa shape index (κ1) is 20.5. The van der Waals surface area contributed by atoms with Gasteiger partial charge in [0.1, 0.15) is 0 Å². The van der Waals surface area contributed by atoms with Gasteiger partial charge in [-0.05, 0) is 40.3 Å². The largest absolute Gasteiger partial charge is 0.378 e. The van der Waals surface area contributed by atoms with Gasteiger partial charge in [0.2, 0.25) is 0 Å². The molecule has 0 aromatic heterocycles. The molecule has 25 heavy (non-hydrogen) atoms. The minimum absolute atomic E-state index is 0.232. The molecule has 0 aromatic carbocycles. The second-order valence-corrected chi connectivity index (χ2v) is 7.67. The number of rotatable bonds is 7. The SMILES string of the molecule is CCOC1CC(NC(=NC)NCC2CN(C)CCN2C)C1(CC)CC. The van der Waals surface area contributed by atoms with Gasteiger partial charge in [0.25, 0.3) is 0 Å². The number of hydrogen-bond donors (Lipinski definition) is 2. The number of ether oxygens (including phenoxy) is 1. The van der Waals surface area contributed by atoms with Gasteiger partial charge in [-0.3, -0.25) is 9.89 Å². The summed E-state index contributed by atoms with van der Waals surface area (Å²) in [6.45, 7) is 11.8. The highest BCUT2D eigenvalue weighted by atomic mass is 16.5. The van der Waals surface area contributed by atoms with E-state index in [0.717, 1.165) is 58.0 Å². The van der Waals surface area contributed by atoms with Crippen LogP contribution in [0.25, 0.3) is 0 Å². The third-order valence-electron chi connectivity index (χ3n) is 6.49. The van der Waals surface area contributed by atoms with E-state index >= 15 is 0 Å². The van der Waals surface area contributed by atoms with Gasteiger partial charge in [0.15, 0.2) is 5.96 Å². The molecule has 0 bridgehead atoms. The third-order valence-corrected chi connectivity index (χ3v) is 6.49. The highest BCUT2D eigenvalue weighted by Crippen LogP contribution is 2.48. The molecule has 1 saturated heterocycles. The number of likely N-dealkylation sites (N-methyl/N-ethyl adjacent to an activating group) is 2. The molecule has 1 heterocycles. The van der Waals surface area contributed by atoms with Crippen LogP contribution < -0.4 is 10.6 Å². The zero-order valence-corrected chi connectivity index (χ0v) is 17.1. The summed E-state index contributed by atoms with van der Waals surface area (Å²) >= 11 is 0. The normalized spacial score (nSPS) is 30.8. The molecule has 2 fully saturated rings. The molecule has 0 aromatic rings. The Morgan fingerprint density at radius 2 is 1.92 bits per heavy atom. The van der Waals surface area contributed by atoms with Crippen LogP contribution in [0.15, 0.2) is 4.99 Å². The van der Waals surface area contributed by atoms with E-state index in [9.17, 15) is 0 Å². The van der Waals surface area contributed by atoms with Crippen LogP contribution in [-0.2, 0) is 4.74 Å². The monoisotopic (exact) mass is 353 g/mol. The first-order valence-electron chi connectivity index (χ1n) is 9.98. The molecule has 146 valence electrons. The van der Waals surface area contributed by atoms with Crippen molar-refractivity contribution >= 4 is 5.96 Å². The molecule has 1 saturated carbocycles. The molecule has 6 nitrogen and oxygen atoms in total. The molecular weight excluding hydrogens is 314 g/mol. The van der Waals surface area contributed by atoms with E-state index in [4.69, 9.17) is 4.74 Å². The predicted octanol–water partition coefficient (Wildman–Crippen LogP) is 1.38. The van der Waals surface area contributed by atoms with Crippen molar-refractivity contribution in [2.75, 3.05) is 53.9 Å². The Morgan fingerprint density at radius 1 is 1.20 bits per heavy atom. The fourth-order valence-electron chi connectivity index (χ4n) is 4.48. The average Bonchev–Trinajstić information content (AvgIpc) is 2.60. The Labute approximate surface area is 154 Å². The number of guanidine groups is 1. The van der Waals surface area contributed by atoms with E-state index in [2.05, 4.69) is 60.3 Å². The van der Waals surface area contributed by atoms with Crippen molar-refractivity contribution in [2.24, 2.45) is 10.4 Å². The summed E-state index contributed by atoms with van der Waals surface area (Å²) in [4.78, 5) is 9.31. The Morgan fingerprint density at radius 3 is 2.52 bits per heavy atom. The minimum atomic E-state index is 0.232. The zero-order chi connectivity index (χ0) is 18.4. The van der Waals surface area contributed by atoms with Crippen LogP contribution >= 0.6 is 0 Å². The summed E-state index contributed by atoms with van der Waals surface area (Å²) in [5.74, 6) is 0.924. The topological polar surface area (TPSA) is 52.1 Å². The highest BCUT2D eigenvalue weighted by Gasteiger charge is 2.53. The Hall–Kier alpha value is -0.850. The fraction of sp³-hybridized carbons (Fsp3) is 0.947. The average molecular weight is 354 g/mol. The van der Waals surface area contributed by atoms with E-state index in [1.165, 1.54) is 0 Å². The van der Waals surface area contributed by atoms with Gasteiger partial charge >= 0.3 is 0 Å². The second kappa shape index (κ2) is 9.19. The van der Waals surface area contributed by atoms with Crippen LogP contribution in [0.2, 0.25) is 0 Å². The van der Waals surface area contributed by atoms with E-state index in [-0.39, 0.29) is 5.41 Å². The first-order chi connectivity index (χ1) is 12.0. The molecule has 1 aliphatic carbocycles. The maximum atomic E-state index is 5.99. The van der Waals surface area contributed by atoms with Crippen LogP contribution in [0.1, 0.15) is 40.0 Å². The number of nitrogens with zero attached hydrogens (tertiary/aromatic N) is 3. The van der Waals surface area contributed by atoms with Crippen LogP contribution in [0.4, 0.5) is 0 Å². The molecule has 2 N–H and O–H groups in total. The van der Waals surface area contributed by atoms with Crippen molar-refractivity contribution in [2.45, 2.75) is 58.2 Å². The predicted molar refractivity (Wildman–Crippen MR) is 105 cm³/mol. The number of aliphatic imine (C=N–C) groups is 1. The molecule has 2 aliphatic rings. The van der Waals surface area contributed by atoms with Gasteiger partial charge in [-0.15, -0.1) is 0 Å². The van der Waals surface area contributed by atoms with Crippen molar-refractivity contribution in [3.05, 3.63) is 0 Å². The van der Waals surface area contributed by atoms with Crippen LogP contribution in [-0.4, -0.2) is 87.9 Å². The van der Waals surface area contributed by atoms with Crippen LogP contribution in [0.3, 0.4) is 0 Å². The van der Waals surface area contributed by atoms with Gasteiger partial charge in [-0.2, -0.15) is 0 Å². The molecule has 0 amide bonds. The fourth-order valence-corrected chi connectivity index (χ4v) is 4.48. The van der Waals surface area contributed by atoms with Crippen molar-refractivity contribution in [3.63, 3.8) is 0 Å². The highest BCUT2D eigenvalue weighted by molar-refractivity contribution is 5.80. The van der Waals surface area contributed by atoms with Gasteiger partial charge in [0.05, 0.1) is 6.10 Å². The van der Waals surface area contributed by atoms with Gasteiger partial charge in [-0.1, -0.05) is 13.8 Å². The summed E-state index contributed by atoms with van der Waals surface area (Å²) in [5, 5.41) is 7.23. The summed E-state index contributed by atoms with van der Waals surface area (Å²) in [5.41, 5.74) is 0.232. The summed E-state index contributed by atoms with van der Waals surface area (Å²) in [7, 11) is 6.28. The van der Waals surface area contributed by atoms with Crippen LogP contribution in [0.5, 0.6) is 0 Å². The van der Waals surface area contributed by atoms with E-state index in [1.807, 2.05) is 7.05 Å². The summed E-state index contributed by atoms with van der Waals surface area (Å²) in [6.07, 6.45) is 3.72. The first-order valence-corrected chi connectivity index (χ1v) is 9.98. The molecule has 0 radical (unpaired) electrons. The van der Waals surface area contributed by atoms with Gasteiger partial charge in [0, 0.05) is 57.3 Å². The molecule has 0 spiro atoms. The van der Waals surface area contributed by atoms with Gasteiger partial charge < -0.3 is 20.3 Å². The molecule has 6 heteroatoms. The second-order valence-electron chi connectivity index (χ2n) is 7.67. The van der Waals surface area contributed by atoms with E-state index in [1.54, 1.807) is 0 Å². The Balaban J connectivity index is 1.89. The van der Waals surface area contributed by atoms with Crippen molar-refractivity contribution < 1.29 is 4.74 Å². The quantitative estimate of drug-likeness (QED) is 0.535. The summed E-state index contributed by atoms with van der Waals surface area (Å²) < 4.78 is 5.99. The standard InChI is InChI=1S/C19H39N5O/c1-7-19(8-2)16(12-17(19)25-9-3)22-18(20-4)21-13-15-14-23(5)10-11-24(15)6/h15-17H,7-14H2,1-6H3,(H2,20,21,22). The lowest BCUT2D eigenvalue weighted by molar-refractivity contribution is -0.133. The maximum absolute atomic E-state index is 5.99. The lowest BCUT2D eigenvalue weighted by atomic mass is 9.58. The molecule has 3 atom stereocenters. The Kier molecular flexibility index (Phi) is 7.52. The molecule has 2 rings (SSSR count). The lowest BCUT2D eigenvalue weighted by Crippen LogP contribution is -2.66. The van der Waals surface area contributed by atoms with Crippen molar-refractivity contribution in [1.82, 2.24) is 20.4 Å². The van der Waals surface area contributed by atoms with Crippen molar-refractivity contribution in [1.29, 1.82) is 0 Å². The lowest BCUT2D eigenvalue weighted by Gasteiger charge is -2.55. The number of piperazine rings is 1. The zero-order valence-electron chi connectivity index (χ0n) is 17.1. The van der Waals surface area contributed by atoms with E-state index in [0.29, 0.717) is 18.2 Å². The molecular formula is C19H39N5O. The smallest absolute Gasteiger partial charge is 0.191 e. The summed E-state index contributed by atoms with van der Waals surface area (Å²) in [6, 6.07) is 0.967. The third kappa shape index (κ3) is 4.47. The Bertz CT molecular complexity index is 438. The minimum Gasteiger partial charge on any atom is -0.378 e. The van der Waals surface area contributed by atoms with Gasteiger partial charge in [-0.25, -0.2) is 0 Å². The molecule has 1 aliphatic heterocycles. The van der Waals surface area contributed by atoms with Crippen LogP contribution in [0, 0.1) is 5.41 Å². The maximum Gasteiger partial charge on any atom is 0.191 e.